The first-order valence-corrected chi connectivity index (χ1v) is 8.58. The Kier molecular flexibility index (Phi) is 5.96. The van der Waals surface area contributed by atoms with Crippen LogP contribution in [0, 0.1) is 5.92 Å². The van der Waals surface area contributed by atoms with Gasteiger partial charge in [0.25, 0.3) is 0 Å². The lowest BCUT2D eigenvalue weighted by atomic mass is 9.93. The fourth-order valence-electron chi connectivity index (χ4n) is 2.89. The number of hydrogen-bond acceptors (Lipinski definition) is 5. The molecule has 1 aliphatic rings. The van der Waals surface area contributed by atoms with Gasteiger partial charge in [-0.2, -0.15) is 4.98 Å². The third-order valence-corrected chi connectivity index (χ3v) is 4.33. The molecule has 0 spiro atoms. The van der Waals surface area contributed by atoms with Crippen LogP contribution in [0.4, 0.5) is 0 Å². The maximum atomic E-state index is 12.4. The standard InChI is InChI=1S/C17H27N3O4/c1-17(2,3)16-18-13(24-19-16)7-8-14(21)20-10-4-5-12(11-20)6-9-15(22)23/h12H,4-11H2,1-3H3,(H,22,23). The lowest BCUT2D eigenvalue weighted by Crippen LogP contribution is -2.40. The van der Waals surface area contributed by atoms with Gasteiger partial charge in [-0.1, -0.05) is 25.9 Å². The van der Waals surface area contributed by atoms with E-state index >= 15 is 0 Å². The second kappa shape index (κ2) is 7.77. The predicted octanol–water partition coefficient (Wildman–Crippen LogP) is 2.40. The Morgan fingerprint density at radius 2 is 2.08 bits per heavy atom. The molecule has 7 nitrogen and oxygen atoms in total. The quantitative estimate of drug-likeness (QED) is 0.856. The molecule has 1 aromatic heterocycles. The van der Waals surface area contributed by atoms with Gasteiger partial charge in [-0.3, -0.25) is 9.59 Å². The van der Waals surface area contributed by atoms with E-state index in [1.54, 1.807) is 0 Å². The summed E-state index contributed by atoms with van der Waals surface area (Å²) in [5, 5.41) is 12.7. The summed E-state index contributed by atoms with van der Waals surface area (Å²) in [6.45, 7) is 7.44. The van der Waals surface area contributed by atoms with Gasteiger partial charge in [-0.15, -0.1) is 0 Å². The van der Waals surface area contributed by atoms with Gasteiger partial charge >= 0.3 is 5.97 Å². The van der Waals surface area contributed by atoms with E-state index in [4.69, 9.17) is 9.63 Å². The van der Waals surface area contributed by atoms with E-state index in [-0.39, 0.29) is 23.7 Å². The number of aryl methyl sites for hydroxylation is 1. The zero-order chi connectivity index (χ0) is 17.7. The predicted molar refractivity (Wildman–Crippen MR) is 87.5 cm³/mol. The Hall–Kier alpha value is -1.92. The van der Waals surface area contributed by atoms with Gasteiger partial charge in [0.2, 0.25) is 11.8 Å². The Balaban J connectivity index is 1.81. The van der Waals surface area contributed by atoms with Crippen LogP contribution in [0.2, 0.25) is 0 Å². The van der Waals surface area contributed by atoms with Crippen LogP contribution in [0.15, 0.2) is 4.52 Å². The van der Waals surface area contributed by atoms with Crippen molar-refractivity contribution in [2.75, 3.05) is 13.1 Å². The third kappa shape index (κ3) is 5.32. The fourth-order valence-corrected chi connectivity index (χ4v) is 2.89. The molecule has 7 heteroatoms. The largest absolute Gasteiger partial charge is 0.481 e. The van der Waals surface area contributed by atoms with Crippen molar-refractivity contribution in [2.45, 2.75) is 64.7 Å². The highest BCUT2D eigenvalue weighted by atomic mass is 16.5. The Morgan fingerprint density at radius 1 is 1.33 bits per heavy atom. The number of carboxylic acid groups (broad SMARTS) is 1. The van der Waals surface area contributed by atoms with Crippen molar-refractivity contribution in [3.63, 3.8) is 0 Å². The molecular formula is C17H27N3O4. The van der Waals surface area contributed by atoms with Gasteiger partial charge in [0.1, 0.15) is 0 Å². The van der Waals surface area contributed by atoms with E-state index in [0.717, 1.165) is 19.4 Å². The summed E-state index contributed by atoms with van der Waals surface area (Å²) in [7, 11) is 0. The van der Waals surface area contributed by atoms with Crippen molar-refractivity contribution in [3.05, 3.63) is 11.7 Å². The van der Waals surface area contributed by atoms with Crippen LogP contribution in [0.25, 0.3) is 0 Å². The molecule has 2 rings (SSSR count). The Bertz CT molecular complexity index is 577. The molecule has 2 heterocycles. The number of carbonyl (C=O) groups is 2. The van der Waals surface area contributed by atoms with E-state index in [9.17, 15) is 9.59 Å². The highest BCUT2D eigenvalue weighted by molar-refractivity contribution is 5.76. The minimum atomic E-state index is -0.774. The van der Waals surface area contributed by atoms with Gasteiger partial charge in [0, 0.05) is 37.8 Å². The molecule has 1 atom stereocenters. The van der Waals surface area contributed by atoms with E-state index in [2.05, 4.69) is 10.1 Å². The molecule has 1 N–H and O–H groups in total. The van der Waals surface area contributed by atoms with E-state index < -0.39 is 5.97 Å². The van der Waals surface area contributed by atoms with E-state index in [1.165, 1.54) is 0 Å². The number of aromatic nitrogens is 2. The molecule has 24 heavy (non-hydrogen) atoms. The average molecular weight is 337 g/mol. The Morgan fingerprint density at radius 3 is 2.71 bits per heavy atom. The maximum Gasteiger partial charge on any atom is 0.303 e. The SMILES string of the molecule is CC(C)(C)c1noc(CCC(=O)N2CCCC(CCC(=O)O)C2)n1. The topological polar surface area (TPSA) is 96.5 Å². The first kappa shape index (κ1) is 18.4. The highest BCUT2D eigenvalue weighted by Crippen LogP contribution is 2.22. The van der Waals surface area contributed by atoms with Crippen molar-refractivity contribution in [1.82, 2.24) is 15.0 Å². The molecule has 1 aromatic rings. The first-order valence-electron chi connectivity index (χ1n) is 8.58. The lowest BCUT2D eigenvalue weighted by Gasteiger charge is -2.32. The molecule has 0 bridgehead atoms. The zero-order valence-corrected chi connectivity index (χ0v) is 14.7. The van der Waals surface area contributed by atoms with Gasteiger partial charge in [-0.05, 0) is 25.2 Å². The molecule has 1 saturated heterocycles. The van der Waals surface area contributed by atoms with Crippen LogP contribution in [0.5, 0.6) is 0 Å². The molecule has 0 saturated carbocycles. The Labute approximate surface area is 142 Å². The number of piperidine rings is 1. The van der Waals surface area contributed by atoms with Gasteiger partial charge in [-0.25, -0.2) is 0 Å². The third-order valence-electron chi connectivity index (χ3n) is 4.33. The number of amides is 1. The number of likely N-dealkylation sites (tertiary alicyclic amines) is 1. The summed E-state index contributed by atoms with van der Waals surface area (Å²) >= 11 is 0. The summed E-state index contributed by atoms with van der Waals surface area (Å²) in [5.41, 5.74) is -0.171. The number of rotatable bonds is 6. The molecule has 0 aliphatic carbocycles. The smallest absolute Gasteiger partial charge is 0.303 e. The number of carboxylic acids is 1. The summed E-state index contributed by atoms with van der Waals surface area (Å²) < 4.78 is 5.22. The number of hydrogen-bond donors (Lipinski definition) is 1. The van der Waals surface area contributed by atoms with Crippen molar-refractivity contribution < 1.29 is 19.2 Å². The second-order valence-electron chi connectivity index (χ2n) is 7.54. The fraction of sp³-hybridized carbons (Fsp3) is 0.765. The molecule has 1 unspecified atom stereocenters. The average Bonchev–Trinajstić information content (AvgIpc) is 3.00. The summed E-state index contributed by atoms with van der Waals surface area (Å²) in [6, 6.07) is 0. The van der Waals surface area contributed by atoms with Crippen molar-refractivity contribution >= 4 is 11.9 Å². The van der Waals surface area contributed by atoms with Gasteiger partial charge < -0.3 is 14.5 Å². The van der Waals surface area contributed by atoms with Gasteiger partial charge in [0.05, 0.1) is 0 Å². The van der Waals surface area contributed by atoms with E-state index in [0.29, 0.717) is 37.5 Å². The molecule has 1 fully saturated rings. The molecular weight excluding hydrogens is 310 g/mol. The maximum absolute atomic E-state index is 12.4. The minimum absolute atomic E-state index is 0.0746. The zero-order valence-electron chi connectivity index (χ0n) is 14.7. The van der Waals surface area contributed by atoms with E-state index in [1.807, 2.05) is 25.7 Å². The monoisotopic (exact) mass is 337 g/mol. The van der Waals surface area contributed by atoms with Crippen LogP contribution >= 0.6 is 0 Å². The van der Waals surface area contributed by atoms with Crippen LogP contribution in [-0.4, -0.2) is 45.1 Å². The summed E-state index contributed by atoms with van der Waals surface area (Å²) in [6.07, 6.45) is 3.53. The molecule has 134 valence electrons. The second-order valence-corrected chi connectivity index (χ2v) is 7.54. The number of nitrogens with zero attached hydrogens (tertiary/aromatic N) is 3. The van der Waals surface area contributed by atoms with Crippen LogP contribution < -0.4 is 0 Å². The number of carbonyl (C=O) groups excluding carboxylic acids is 1. The molecule has 1 amide bonds. The minimum Gasteiger partial charge on any atom is -0.481 e. The lowest BCUT2D eigenvalue weighted by molar-refractivity contribution is -0.137. The van der Waals surface area contributed by atoms with Crippen LogP contribution in [0.1, 0.15) is 64.6 Å². The molecule has 0 aromatic carbocycles. The van der Waals surface area contributed by atoms with Crippen LogP contribution in [-0.2, 0) is 21.4 Å². The van der Waals surface area contributed by atoms with Crippen LogP contribution in [0.3, 0.4) is 0 Å². The first-order chi connectivity index (χ1) is 11.3. The molecule has 0 radical (unpaired) electrons. The summed E-state index contributed by atoms with van der Waals surface area (Å²) in [5.74, 6) is 0.731. The highest BCUT2D eigenvalue weighted by Gasteiger charge is 2.25. The van der Waals surface area contributed by atoms with Crippen molar-refractivity contribution in [3.8, 4) is 0 Å². The number of aliphatic carboxylic acids is 1. The molecule has 1 aliphatic heterocycles. The van der Waals surface area contributed by atoms with Crippen molar-refractivity contribution in [2.24, 2.45) is 5.92 Å². The summed E-state index contributed by atoms with van der Waals surface area (Å²) in [4.78, 5) is 29.3. The normalized spacial score (nSPS) is 18.6. The van der Waals surface area contributed by atoms with Gasteiger partial charge in [0.15, 0.2) is 5.82 Å². The van der Waals surface area contributed by atoms with Crippen molar-refractivity contribution in [1.29, 1.82) is 0 Å².